The molecule has 0 fully saturated rings. The number of allylic oxidation sites excluding steroid dienone is 9. The average Bonchev–Trinajstić information content (AvgIpc) is 3.39. The van der Waals surface area contributed by atoms with E-state index < -0.39 is 0 Å². The van der Waals surface area contributed by atoms with Crippen LogP contribution in [0.2, 0.25) is 0 Å². The Morgan fingerprint density at radius 1 is 0.575 bits per heavy atom. The summed E-state index contributed by atoms with van der Waals surface area (Å²) >= 11 is 0. The Kier molecular flexibility index (Phi) is 6.11. The predicted octanol–water partition coefficient (Wildman–Crippen LogP) is 11.1. The third-order valence-corrected chi connectivity index (χ3v) is 7.58. The van der Waals surface area contributed by atoms with Crippen LogP contribution in [0.4, 0.5) is 0 Å². The van der Waals surface area contributed by atoms with Gasteiger partial charge in [-0.25, -0.2) is 0 Å². The van der Waals surface area contributed by atoms with Gasteiger partial charge in [-0.1, -0.05) is 128 Å². The van der Waals surface area contributed by atoms with Gasteiger partial charge in [0.1, 0.15) is 11.2 Å². The van der Waals surface area contributed by atoms with Crippen LogP contribution in [0.5, 0.6) is 0 Å². The predicted molar refractivity (Wildman–Crippen MR) is 171 cm³/mol. The third-order valence-electron chi connectivity index (χ3n) is 7.58. The van der Waals surface area contributed by atoms with Gasteiger partial charge in [0.25, 0.3) is 0 Å². The molecule has 0 spiro atoms. The van der Waals surface area contributed by atoms with E-state index in [1.165, 1.54) is 33.0 Å². The quantitative estimate of drug-likeness (QED) is 0.230. The smallest absolute Gasteiger partial charge is 0.143 e. The number of hydrogen-bond acceptors (Lipinski definition) is 1. The van der Waals surface area contributed by atoms with E-state index in [9.17, 15) is 0 Å². The van der Waals surface area contributed by atoms with E-state index in [2.05, 4.69) is 128 Å². The molecule has 40 heavy (non-hydrogen) atoms. The van der Waals surface area contributed by atoms with Crippen LogP contribution in [0.1, 0.15) is 12.0 Å². The van der Waals surface area contributed by atoms with Crippen molar-refractivity contribution >= 4 is 38.3 Å². The van der Waals surface area contributed by atoms with Crippen LogP contribution < -0.4 is 0 Å². The number of hydrogen-bond donors (Lipinski definition) is 0. The lowest BCUT2D eigenvalue weighted by Crippen LogP contribution is -1.86. The van der Waals surface area contributed by atoms with Gasteiger partial charge in [-0.15, -0.1) is 0 Å². The zero-order valence-electron chi connectivity index (χ0n) is 22.2. The van der Waals surface area contributed by atoms with Crippen LogP contribution in [0.3, 0.4) is 0 Å². The largest absolute Gasteiger partial charge is 0.455 e. The maximum absolute atomic E-state index is 6.27. The van der Waals surface area contributed by atoms with Crippen LogP contribution in [0.15, 0.2) is 162 Å². The standard InChI is InChI=1S/C39H28O/c1-27-10-5-3-2-4-6-11-30(24-27)32-22-23-33-25-31(20-21-34(33)26-32)28-16-18-29(19-17-28)35-13-9-14-37-36-12-7-8-15-38(36)40-39(35)37/h2-3,5-26H,1,4H2/b3-2-,10-5-,11-6-,30-24?. The van der Waals surface area contributed by atoms with Crippen LogP contribution in [0, 0.1) is 0 Å². The Hall–Kier alpha value is -5.14. The first-order valence-electron chi connectivity index (χ1n) is 13.7. The minimum Gasteiger partial charge on any atom is -0.455 e. The maximum Gasteiger partial charge on any atom is 0.143 e. The summed E-state index contributed by atoms with van der Waals surface area (Å²) in [5, 5.41) is 4.76. The number of benzene rings is 5. The van der Waals surface area contributed by atoms with Gasteiger partial charge in [0.15, 0.2) is 0 Å². The van der Waals surface area contributed by atoms with Gasteiger partial charge in [-0.3, -0.25) is 0 Å². The summed E-state index contributed by atoms with van der Waals surface area (Å²) in [6, 6.07) is 36.8. The van der Waals surface area contributed by atoms with Crippen molar-refractivity contribution in [3.63, 3.8) is 0 Å². The summed E-state index contributed by atoms with van der Waals surface area (Å²) in [6.07, 6.45) is 15.8. The molecule has 190 valence electrons. The molecule has 0 radical (unpaired) electrons. The molecule has 0 atom stereocenters. The van der Waals surface area contributed by atoms with Crippen LogP contribution in [-0.2, 0) is 0 Å². The monoisotopic (exact) mass is 512 g/mol. The molecule has 1 heteroatoms. The van der Waals surface area contributed by atoms with E-state index >= 15 is 0 Å². The summed E-state index contributed by atoms with van der Waals surface area (Å²) in [5.74, 6) is 0. The first-order chi connectivity index (χ1) is 19.7. The van der Waals surface area contributed by atoms with Gasteiger partial charge in [-0.05, 0) is 74.9 Å². The fourth-order valence-corrected chi connectivity index (χ4v) is 5.51. The molecule has 1 nitrogen and oxygen atoms in total. The Balaban J connectivity index is 1.20. The molecular formula is C39H28O. The molecule has 0 N–H and O–H groups in total. The molecule has 1 aliphatic rings. The normalized spacial score (nSPS) is 16.2. The van der Waals surface area contributed by atoms with Crippen LogP contribution in [-0.4, -0.2) is 0 Å². The molecule has 1 aliphatic carbocycles. The van der Waals surface area contributed by atoms with Gasteiger partial charge in [0.2, 0.25) is 0 Å². The Morgan fingerprint density at radius 3 is 2.17 bits per heavy atom. The highest BCUT2D eigenvalue weighted by Gasteiger charge is 2.12. The number of rotatable bonds is 3. The molecule has 1 heterocycles. The van der Waals surface area contributed by atoms with Gasteiger partial charge in [-0.2, -0.15) is 0 Å². The fraction of sp³-hybridized carbons (Fsp3) is 0.0256. The molecule has 0 saturated heterocycles. The van der Waals surface area contributed by atoms with Crippen LogP contribution >= 0.6 is 0 Å². The van der Waals surface area contributed by atoms with Crippen LogP contribution in [0.25, 0.3) is 60.5 Å². The topological polar surface area (TPSA) is 13.1 Å². The first-order valence-corrected chi connectivity index (χ1v) is 13.7. The van der Waals surface area contributed by atoms with Crippen molar-refractivity contribution in [2.75, 3.05) is 0 Å². The zero-order valence-corrected chi connectivity index (χ0v) is 22.2. The third kappa shape index (κ3) is 4.52. The van der Waals surface area contributed by atoms with E-state index in [-0.39, 0.29) is 0 Å². The molecule has 6 aromatic rings. The molecule has 0 amide bonds. The second kappa shape index (κ2) is 10.2. The van der Waals surface area contributed by atoms with Crippen molar-refractivity contribution in [3.8, 4) is 22.3 Å². The summed E-state index contributed by atoms with van der Waals surface area (Å²) < 4.78 is 6.27. The molecule has 0 unspecified atom stereocenters. The molecule has 5 aromatic carbocycles. The van der Waals surface area contributed by atoms with Gasteiger partial charge in [0.05, 0.1) is 0 Å². The molecule has 7 rings (SSSR count). The van der Waals surface area contributed by atoms with E-state index in [0.29, 0.717) is 0 Å². The maximum atomic E-state index is 6.27. The van der Waals surface area contributed by atoms with Gasteiger partial charge >= 0.3 is 0 Å². The van der Waals surface area contributed by atoms with Crippen molar-refractivity contribution in [1.29, 1.82) is 0 Å². The van der Waals surface area contributed by atoms with Crippen molar-refractivity contribution in [3.05, 3.63) is 163 Å². The Bertz CT molecular complexity index is 2020. The van der Waals surface area contributed by atoms with Gasteiger partial charge in [0, 0.05) is 16.3 Å². The lowest BCUT2D eigenvalue weighted by atomic mass is 9.95. The number of furan rings is 1. The van der Waals surface area contributed by atoms with Crippen molar-refractivity contribution in [2.45, 2.75) is 6.42 Å². The molecule has 0 saturated carbocycles. The summed E-state index contributed by atoms with van der Waals surface area (Å²) in [7, 11) is 0. The van der Waals surface area contributed by atoms with Gasteiger partial charge < -0.3 is 4.42 Å². The minimum atomic E-state index is 0.914. The van der Waals surface area contributed by atoms with E-state index in [1.807, 2.05) is 24.3 Å². The number of para-hydroxylation sites is 2. The first kappa shape index (κ1) is 23.9. The molecule has 0 aliphatic heterocycles. The Morgan fingerprint density at radius 2 is 1.30 bits per heavy atom. The highest BCUT2D eigenvalue weighted by molar-refractivity contribution is 6.09. The highest BCUT2D eigenvalue weighted by Crippen LogP contribution is 2.36. The fourth-order valence-electron chi connectivity index (χ4n) is 5.51. The average molecular weight is 513 g/mol. The highest BCUT2D eigenvalue weighted by atomic mass is 16.3. The lowest BCUT2D eigenvalue weighted by molar-refractivity contribution is 0.670. The summed E-state index contributed by atoms with van der Waals surface area (Å²) in [5.41, 5.74) is 9.88. The van der Waals surface area contributed by atoms with Crippen molar-refractivity contribution < 1.29 is 4.42 Å². The summed E-state index contributed by atoms with van der Waals surface area (Å²) in [6.45, 7) is 4.19. The second-order valence-electron chi connectivity index (χ2n) is 10.2. The number of fused-ring (bicyclic) bond motifs is 4. The van der Waals surface area contributed by atoms with Crippen molar-refractivity contribution in [1.82, 2.24) is 0 Å². The SMILES string of the molecule is C=C1C=C(c2ccc3cc(-c4ccc(-c5cccc6c5oc5ccccc56)cc4)ccc3c2)/C=C\C/C=C\C=C/1. The zero-order chi connectivity index (χ0) is 26.9. The second-order valence-corrected chi connectivity index (χ2v) is 10.2. The molecular weight excluding hydrogens is 484 g/mol. The molecule has 0 bridgehead atoms. The van der Waals surface area contributed by atoms with Crippen molar-refractivity contribution in [2.24, 2.45) is 0 Å². The summed E-state index contributed by atoms with van der Waals surface area (Å²) in [4.78, 5) is 0. The minimum absolute atomic E-state index is 0.914. The Labute approximate surface area is 234 Å². The van der Waals surface area contributed by atoms with E-state index in [0.717, 1.165) is 45.1 Å². The van der Waals surface area contributed by atoms with E-state index in [4.69, 9.17) is 4.42 Å². The van der Waals surface area contributed by atoms with E-state index in [1.54, 1.807) is 0 Å². The molecule has 1 aromatic heterocycles. The lowest BCUT2D eigenvalue weighted by Gasteiger charge is -2.09.